The minimum absolute atomic E-state index is 0.00577. The van der Waals surface area contributed by atoms with Gasteiger partial charge in [-0.05, 0) is 34.4 Å². The molecule has 86 valence electrons. The fourth-order valence-corrected chi connectivity index (χ4v) is 1.97. The fourth-order valence-electron chi connectivity index (χ4n) is 1.97. The van der Waals surface area contributed by atoms with E-state index in [9.17, 15) is 5.11 Å². The van der Waals surface area contributed by atoms with Crippen molar-refractivity contribution >= 4 is 11.8 Å². The van der Waals surface area contributed by atoms with Gasteiger partial charge in [-0.15, -0.1) is 0 Å². The van der Waals surface area contributed by atoms with Gasteiger partial charge in [0.25, 0.3) is 0 Å². The predicted molar refractivity (Wildman–Crippen MR) is 72.3 cm³/mol. The molecule has 0 unspecified atom stereocenters. The summed E-state index contributed by atoms with van der Waals surface area (Å²) in [5, 5.41) is 9.40. The Hall–Kier alpha value is -2.06. The highest BCUT2D eigenvalue weighted by molar-refractivity contribution is 5.79. The molecular formula is C15H15NO. The lowest BCUT2D eigenvalue weighted by Gasteiger charge is -2.12. The van der Waals surface area contributed by atoms with Crippen molar-refractivity contribution in [3.63, 3.8) is 0 Å². The van der Waals surface area contributed by atoms with E-state index in [0.717, 1.165) is 22.3 Å². The summed E-state index contributed by atoms with van der Waals surface area (Å²) in [7, 11) is 0. The van der Waals surface area contributed by atoms with Gasteiger partial charge in [0.05, 0.1) is 6.61 Å². The molecule has 2 nitrogen and oxygen atoms in total. The maximum absolute atomic E-state index is 9.40. The summed E-state index contributed by atoms with van der Waals surface area (Å²) in [6.45, 7) is 3.81. The van der Waals surface area contributed by atoms with Crippen molar-refractivity contribution in [2.75, 3.05) is 5.73 Å². The Kier molecular flexibility index (Phi) is 3.26. The van der Waals surface area contributed by atoms with Crippen LogP contribution in [0.1, 0.15) is 11.1 Å². The highest BCUT2D eigenvalue weighted by Gasteiger charge is 2.08. The summed E-state index contributed by atoms with van der Waals surface area (Å²) in [6.07, 6.45) is 1.79. The maximum Gasteiger partial charge on any atom is 0.0688 e. The van der Waals surface area contributed by atoms with Crippen LogP contribution in [0.25, 0.3) is 17.2 Å². The number of nitrogen functional groups attached to an aromatic ring is 1. The number of aliphatic hydroxyl groups excluding tert-OH is 1. The van der Waals surface area contributed by atoms with Crippen molar-refractivity contribution in [2.45, 2.75) is 6.61 Å². The summed E-state index contributed by atoms with van der Waals surface area (Å²) in [5.41, 5.74) is 10.4. The Labute approximate surface area is 101 Å². The van der Waals surface area contributed by atoms with Crippen LogP contribution in [0, 0.1) is 0 Å². The minimum Gasteiger partial charge on any atom is -0.399 e. The van der Waals surface area contributed by atoms with E-state index < -0.39 is 0 Å². The zero-order chi connectivity index (χ0) is 12.3. The second kappa shape index (κ2) is 4.85. The number of benzene rings is 2. The van der Waals surface area contributed by atoms with E-state index in [4.69, 9.17) is 5.73 Å². The van der Waals surface area contributed by atoms with Gasteiger partial charge in [0.15, 0.2) is 0 Å². The van der Waals surface area contributed by atoms with Gasteiger partial charge >= 0.3 is 0 Å². The van der Waals surface area contributed by atoms with Gasteiger partial charge in [0.2, 0.25) is 0 Å². The molecular weight excluding hydrogens is 210 g/mol. The standard InChI is InChI=1S/C15H15NO/c1-2-11-5-3-7-13(10-17)15(11)12-6-4-8-14(16)9-12/h2-9,17H,1,10,16H2. The number of anilines is 1. The average Bonchev–Trinajstić information content (AvgIpc) is 2.37. The monoisotopic (exact) mass is 225 g/mol. The van der Waals surface area contributed by atoms with Crippen LogP contribution in [0.5, 0.6) is 0 Å². The number of nitrogens with two attached hydrogens (primary N) is 1. The largest absolute Gasteiger partial charge is 0.399 e. The first-order chi connectivity index (χ1) is 8.26. The van der Waals surface area contributed by atoms with Crippen LogP contribution in [0.3, 0.4) is 0 Å². The Balaban J connectivity index is 2.68. The van der Waals surface area contributed by atoms with Gasteiger partial charge in [-0.1, -0.05) is 43.0 Å². The summed E-state index contributed by atoms with van der Waals surface area (Å²) in [5.74, 6) is 0. The lowest BCUT2D eigenvalue weighted by atomic mass is 9.94. The number of hydrogen-bond donors (Lipinski definition) is 2. The van der Waals surface area contributed by atoms with Crippen LogP contribution in [0.15, 0.2) is 49.0 Å². The van der Waals surface area contributed by atoms with E-state index in [-0.39, 0.29) is 6.61 Å². The second-order valence-corrected chi connectivity index (χ2v) is 3.87. The Morgan fingerprint density at radius 2 is 1.94 bits per heavy atom. The Morgan fingerprint density at radius 1 is 1.18 bits per heavy atom. The van der Waals surface area contributed by atoms with Gasteiger partial charge in [-0.2, -0.15) is 0 Å². The smallest absolute Gasteiger partial charge is 0.0688 e. The van der Waals surface area contributed by atoms with Gasteiger partial charge in [-0.3, -0.25) is 0 Å². The summed E-state index contributed by atoms with van der Waals surface area (Å²) in [6, 6.07) is 13.4. The zero-order valence-electron chi connectivity index (χ0n) is 9.56. The van der Waals surface area contributed by atoms with Crippen LogP contribution in [-0.4, -0.2) is 5.11 Å². The van der Waals surface area contributed by atoms with E-state index in [0.29, 0.717) is 5.69 Å². The molecule has 3 N–H and O–H groups in total. The molecule has 0 amide bonds. The molecule has 0 atom stereocenters. The van der Waals surface area contributed by atoms with Crippen LogP contribution in [0.2, 0.25) is 0 Å². The molecule has 0 radical (unpaired) electrons. The topological polar surface area (TPSA) is 46.2 Å². The molecule has 17 heavy (non-hydrogen) atoms. The normalized spacial score (nSPS) is 10.2. The van der Waals surface area contributed by atoms with Gasteiger partial charge in [-0.25, -0.2) is 0 Å². The molecule has 0 aliphatic rings. The van der Waals surface area contributed by atoms with Crippen molar-refractivity contribution in [1.82, 2.24) is 0 Å². The van der Waals surface area contributed by atoms with E-state index in [1.807, 2.05) is 42.5 Å². The van der Waals surface area contributed by atoms with E-state index in [1.54, 1.807) is 6.08 Å². The first-order valence-electron chi connectivity index (χ1n) is 5.47. The first-order valence-corrected chi connectivity index (χ1v) is 5.47. The SMILES string of the molecule is C=Cc1cccc(CO)c1-c1cccc(N)c1. The van der Waals surface area contributed by atoms with Crippen molar-refractivity contribution in [2.24, 2.45) is 0 Å². The summed E-state index contributed by atoms with van der Waals surface area (Å²) in [4.78, 5) is 0. The maximum atomic E-state index is 9.40. The molecule has 0 spiro atoms. The van der Waals surface area contributed by atoms with Crippen molar-refractivity contribution in [3.8, 4) is 11.1 Å². The van der Waals surface area contributed by atoms with Crippen LogP contribution in [0.4, 0.5) is 5.69 Å². The summed E-state index contributed by atoms with van der Waals surface area (Å²) < 4.78 is 0. The molecule has 0 heterocycles. The van der Waals surface area contributed by atoms with E-state index >= 15 is 0 Å². The molecule has 2 rings (SSSR count). The molecule has 0 bridgehead atoms. The highest BCUT2D eigenvalue weighted by atomic mass is 16.3. The van der Waals surface area contributed by atoms with Crippen molar-refractivity contribution in [3.05, 3.63) is 60.2 Å². The second-order valence-electron chi connectivity index (χ2n) is 3.87. The third-order valence-corrected chi connectivity index (χ3v) is 2.75. The predicted octanol–water partition coefficient (Wildman–Crippen LogP) is 3.07. The van der Waals surface area contributed by atoms with Crippen molar-refractivity contribution in [1.29, 1.82) is 0 Å². The molecule has 0 aliphatic carbocycles. The van der Waals surface area contributed by atoms with E-state index in [2.05, 4.69) is 6.58 Å². The van der Waals surface area contributed by atoms with Crippen LogP contribution in [-0.2, 0) is 6.61 Å². The van der Waals surface area contributed by atoms with Crippen molar-refractivity contribution < 1.29 is 5.11 Å². The molecule has 0 aliphatic heterocycles. The molecule has 2 aromatic carbocycles. The lowest BCUT2D eigenvalue weighted by Crippen LogP contribution is -1.93. The quantitative estimate of drug-likeness (QED) is 0.788. The minimum atomic E-state index is 0.00577. The molecule has 0 saturated heterocycles. The average molecular weight is 225 g/mol. The number of aliphatic hydroxyl groups is 1. The summed E-state index contributed by atoms with van der Waals surface area (Å²) >= 11 is 0. The molecule has 0 fully saturated rings. The number of hydrogen-bond acceptors (Lipinski definition) is 2. The first kappa shape index (κ1) is 11.4. The van der Waals surface area contributed by atoms with E-state index in [1.165, 1.54) is 0 Å². The Bertz CT molecular complexity index is 546. The molecule has 2 heteroatoms. The zero-order valence-corrected chi connectivity index (χ0v) is 9.56. The molecule has 2 aromatic rings. The molecule has 0 saturated carbocycles. The third kappa shape index (κ3) is 2.22. The number of rotatable bonds is 3. The highest BCUT2D eigenvalue weighted by Crippen LogP contribution is 2.29. The molecule has 0 aromatic heterocycles. The van der Waals surface area contributed by atoms with Crippen LogP contribution < -0.4 is 5.73 Å². The van der Waals surface area contributed by atoms with Crippen LogP contribution >= 0.6 is 0 Å². The van der Waals surface area contributed by atoms with Gasteiger partial charge in [0.1, 0.15) is 0 Å². The van der Waals surface area contributed by atoms with Gasteiger partial charge in [0, 0.05) is 5.69 Å². The third-order valence-electron chi connectivity index (χ3n) is 2.75. The fraction of sp³-hybridized carbons (Fsp3) is 0.0667. The van der Waals surface area contributed by atoms with Gasteiger partial charge < -0.3 is 10.8 Å². The Morgan fingerprint density at radius 3 is 2.59 bits per heavy atom. The lowest BCUT2D eigenvalue weighted by molar-refractivity contribution is 0.282.